The highest BCUT2D eigenvalue weighted by molar-refractivity contribution is 7.98. The second-order valence-corrected chi connectivity index (χ2v) is 7.92. The van der Waals surface area contributed by atoms with E-state index in [2.05, 4.69) is 31.8 Å². The van der Waals surface area contributed by atoms with Crippen LogP contribution in [0, 0.1) is 17.7 Å². The van der Waals surface area contributed by atoms with Crippen molar-refractivity contribution in [2.24, 2.45) is 0 Å². The molecule has 0 saturated carbocycles. The highest BCUT2D eigenvalue weighted by Gasteiger charge is 2.09. The lowest BCUT2D eigenvalue weighted by molar-refractivity contribution is 0.306. The normalized spacial score (nSPS) is 10.4. The molecule has 33 heavy (non-hydrogen) atoms. The van der Waals surface area contributed by atoms with E-state index in [9.17, 15) is 4.39 Å². The maximum atomic E-state index is 13.3. The van der Waals surface area contributed by atoms with Crippen LogP contribution in [-0.4, -0.2) is 26.2 Å². The van der Waals surface area contributed by atoms with Crippen LogP contribution in [0.15, 0.2) is 66.1 Å². The number of hydrogen-bond acceptors (Lipinski definition) is 7. The van der Waals surface area contributed by atoms with Gasteiger partial charge in [-0.2, -0.15) is 0 Å². The molecule has 0 bridgehead atoms. The molecule has 4 rings (SSSR count). The van der Waals surface area contributed by atoms with Gasteiger partial charge < -0.3 is 10.5 Å². The maximum Gasteiger partial charge on any atom is 0.188 e. The molecule has 0 fully saturated rings. The number of thioether (sulfide) groups is 1. The summed E-state index contributed by atoms with van der Waals surface area (Å²) in [6.07, 6.45) is 5.11. The Labute approximate surface area is 199 Å². The van der Waals surface area contributed by atoms with E-state index in [0.717, 1.165) is 0 Å². The summed E-state index contributed by atoms with van der Waals surface area (Å²) in [5.41, 5.74) is 8.54. The fourth-order valence-corrected chi connectivity index (χ4v) is 3.41. The molecule has 0 atom stereocenters. The largest absolute Gasteiger partial charge is 0.487 e. The monoisotopic (exact) mass is 477 g/mol. The lowest BCUT2D eigenvalue weighted by atomic mass is 10.2. The minimum absolute atomic E-state index is 0.193. The number of anilines is 1. The molecule has 0 aliphatic carbocycles. The SMILES string of the molecule is CSc1nccc(C#Cc2cnc(-c3ccc(OCc4cccc(F)c4)c(Cl)c3)nc2N)n1. The van der Waals surface area contributed by atoms with Gasteiger partial charge in [0.25, 0.3) is 0 Å². The number of rotatable bonds is 5. The van der Waals surface area contributed by atoms with Gasteiger partial charge in [0, 0.05) is 18.0 Å². The van der Waals surface area contributed by atoms with Crippen LogP contribution < -0.4 is 10.5 Å². The van der Waals surface area contributed by atoms with Crippen molar-refractivity contribution < 1.29 is 9.13 Å². The highest BCUT2D eigenvalue weighted by atomic mass is 35.5. The average Bonchev–Trinajstić information content (AvgIpc) is 2.82. The molecule has 2 aromatic heterocycles. The zero-order valence-electron chi connectivity index (χ0n) is 17.4. The summed E-state index contributed by atoms with van der Waals surface area (Å²) in [5.74, 6) is 6.69. The summed E-state index contributed by atoms with van der Waals surface area (Å²) in [5, 5.41) is 1.02. The topological polar surface area (TPSA) is 86.8 Å². The first kappa shape index (κ1) is 22.5. The van der Waals surface area contributed by atoms with Gasteiger partial charge in [0.2, 0.25) is 0 Å². The molecule has 6 nitrogen and oxygen atoms in total. The maximum absolute atomic E-state index is 13.3. The fraction of sp³-hybridized carbons (Fsp3) is 0.0833. The first-order chi connectivity index (χ1) is 16.0. The van der Waals surface area contributed by atoms with Crippen LogP contribution in [0.1, 0.15) is 16.8 Å². The molecule has 2 aromatic carbocycles. The summed E-state index contributed by atoms with van der Waals surface area (Å²) in [6.45, 7) is 0.193. The average molecular weight is 478 g/mol. The number of nitrogen functional groups attached to an aromatic ring is 1. The Morgan fingerprint density at radius 1 is 1.09 bits per heavy atom. The van der Waals surface area contributed by atoms with E-state index in [0.29, 0.717) is 44.1 Å². The van der Waals surface area contributed by atoms with E-state index in [1.807, 2.05) is 6.26 Å². The number of aromatic nitrogens is 4. The Balaban J connectivity index is 1.49. The molecule has 0 saturated heterocycles. The molecule has 0 radical (unpaired) electrons. The summed E-state index contributed by atoms with van der Waals surface area (Å²) < 4.78 is 19.0. The molecule has 2 heterocycles. The van der Waals surface area contributed by atoms with E-state index in [4.69, 9.17) is 22.1 Å². The summed E-state index contributed by atoms with van der Waals surface area (Å²) in [6, 6.07) is 13.1. The van der Waals surface area contributed by atoms with Crippen LogP contribution in [0.2, 0.25) is 5.02 Å². The molecule has 0 aliphatic rings. The van der Waals surface area contributed by atoms with Crippen LogP contribution >= 0.6 is 23.4 Å². The van der Waals surface area contributed by atoms with Crippen LogP contribution in [-0.2, 0) is 6.61 Å². The third-order valence-corrected chi connectivity index (χ3v) is 5.29. The Morgan fingerprint density at radius 2 is 1.97 bits per heavy atom. The third-order valence-electron chi connectivity index (χ3n) is 4.43. The summed E-state index contributed by atoms with van der Waals surface area (Å²) >= 11 is 7.81. The van der Waals surface area contributed by atoms with E-state index >= 15 is 0 Å². The molecule has 0 aliphatic heterocycles. The first-order valence-electron chi connectivity index (χ1n) is 9.70. The standard InChI is InChI=1S/C24H17ClFN5OS/c1-33-24-28-10-9-19(30-24)7-5-17-13-29-23(31-22(17)27)16-6-8-21(20(25)12-16)32-14-15-3-2-4-18(26)11-15/h2-4,6,8-13H,14H2,1H3,(H2,27,29,31). The van der Waals surface area contributed by atoms with E-state index in [1.54, 1.807) is 48.8 Å². The molecule has 9 heteroatoms. The highest BCUT2D eigenvalue weighted by Crippen LogP contribution is 2.30. The summed E-state index contributed by atoms with van der Waals surface area (Å²) in [4.78, 5) is 17.1. The van der Waals surface area contributed by atoms with Gasteiger partial charge in [-0.15, -0.1) is 0 Å². The predicted octanol–water partition coefficient (Wildman–Crippen LogP) is 5.01. The Hall–Kier alpha value is -3.67. The zero-order chi connectivity index (χ0) is 23.2. The van der Waals surface area contributed by atoms with Gasteiger partial charge in [-0.25, -0.2) is 24.3 Å². The second-order valence-electron chi connectivity index (χ2n) is 6.73. The number of nitrogens with zero attached hydrogens (tertiary/aromatic N) is 4. The number of ether oxygens (including phenoxy) is 1. The van der Waals surface area contributed by atoms with Gasteiger partial charge in [0.15, 0.2) is 11.0 Å². The molecule has 0 amide bonds. The van der Waals surface area contributed by atoms with E-state index in [1.165, 1.54) is 23.9 Å². The van der Waals surface area contributed by atoms with Gasteiger partial charge in [-0.05, 0) is 54.1 Å². The van der Waals surface area contributed by atoms with Crippen LogP contribution in [0.4, 0.5) is 10.2 Å². The van der Waals surface area contributed by atoms with Crippen LogP contribution in [0.5, 0.6) is 5.75 Å². The minimum Gasteiger partial charge on any atom is -0.487 e. The Kier molecular flexibility index (Phi) is 7.03. The molecular formula is C24H17ClFN5OS. The summed E-state index contributed by atoms with van der Waals surface area (Å²) in [7, 11) is 0. The fourth-order valence-electron chi connectivity index (χ4n) is 2.82. The van der Waals surface area contributed by atoms with Gasteiger partial charge in [0.05, 0.1) is 10.6 Å². The van der Waals surface area contributed by atoms with E-state index in [-0.39, 0.29) is 18.2 Å². The van der Waals surface area contributed by atoms with Gasteiger partial charge in [-0.3, -0.25) is 0 Å². The Bertz CT molecular complexity index is 1370. The van der Waals surface area contributed by atoms with Gasteiger partial charge in [0.1, 0.15) is 29.7 Å². The lowest BCUT2D eigenvalue weighted by Gasteiger charge is -2.10. The van der Waals surface area contributed by atoms with Crippen molar-refractivity contribution in [3.63, 3.8) is 0 Å². The Morgan fingerprint density at radius 3 is 2.73 bits per heavy atom. The molecule has 2 N–H and O–H groups in total. The van der Waals surface area contributed by atoms with Crippen molar-refractivity contribution in [1.29, 1.82) is 0 Å². The molecule has 4 aromatic rings. The molecule has 0 unspecified atom stereocenters. The molecule has 164 valence electrons. The van der Waals surface area contributed by atoms with Crippen LogP contribution in [0.3, 0.4) is 0 Å². The van der Waals surface area contributed by atoms with Crippen molar-refractivity contribution in [2.75, 3.05) is 12.0 Å². The van der Waals surface area contributed by atoms with Crippen molar-refractivity contribution >= 4 is 29.2 Å². The third kappa shape index (κ3) is 5.77. The quantitative estimate of drug-likeness (QED) is 0.245. The second kappa shape index (κ2) is 10.3. The van der Waals surface area contributed by atoms with Crippen molar-refractivity contribution in [3.05, 3.63) is 88.6 Å². The number of halogens is 2. The van der Waals surface area contributed by atoms with Gasteiger partial charge in [-0.1, -0.05) is 41.4 Å². The van der Waals surface area contributed by atoms with Gasteiger partial charge >= 0.3 is 0 Å². The van der Waals surface area contributed by atoms with Crippen LogP contribution in [0.25, 0.3) is 11.4 Å². The zero-order valence-corrected chi connectivity index (χ0v) is 19.0. The van der Waals surface area contributed by atoms with Crippen molar-refractivity contribution in [1.82, 2.24) is 19.9 Å². The number of benzene rings is 2. The minimum atomic E-state index is -0.317. The number of nitrogens with two attached hydrogens (primary N) is 1. The lowest BCUT2D eigenvalue weighted by Crippen LogP contribution is -2.00. The molecule has 0 spiro atoms. The number of hydrogen-bond donors (Lipinski definition) is 1. The van der Waals surface area contributed by atoms with Crippen molar-refractivity contribution in [3.8, 4) is 29.0 Å². The van der Waals surface area contributed by atoms with E-state index < -0.39 is 0 Å². The predicted molar refractivity (Wildman–Crippen MR) is 127 cm³/mol. The first-order valence-corrected chi connectivity index (χ1v) is 11.3. The molecular weight excluding hydrogens is 461 g/mol. The van der Waals surface area contributed by atoms with Crippen molar-refractivity contribution in [2.45, 2.75) is 11.8 Å². The smallest absolute Gasteiger partial charge is 0.188 e.